The number of carbonyl (C=O) groups excluding carboxylic acids is 1. The molecule has 0 aliphatic carbocycles. The molecule has 6 heteroatoms. The summed E-state index contributed by atoms with van der Waals surface area (Å²) in [6, 6.07) is 0. The van der Waals surface area contributed by atoms with Crippen LogP contribution in [0.25, 0.3) is 0 Å². The molecule has 0 radical (unpaired) electrons. The molecule has 0 unspecified atom stereocenters. The number of aliphatic carboxylic acids is 1. The van der Waals surface area contributed by atoms with Crippen molar-refractivity contribution in [1.82, 2.24) is 5.32 Å². The van der Waals surface area contributed by atoms with Crippen molar-refractivity contribution in [1.29, 1.82) is 0 Å². The summed E-state index contributed by atoms with van der Waals surface area (Å²) >= 11 is 1.61. The number of ether oxygens (including phenoxy) is 1. The molecule has 1 heterocycles. The first-order chi connectivity index (χ1) is 7.79. The van der Waals surface area contributed by atoms with Crippen LogP contribution in [0.3, 0.4) is 0 Å². The van der Waals surface area contributed by atoms with Gasteiger partial charge in [-0.15, -0.1) is 0 Å². The summed E-state index contributed by atoms with van der Waals surface area (Å²) in [6.07, 6.45) is -0.487. The van der Waals surface area contributed by atoms with Crippen LogP contribution in [0.15, 0.2) is 0 Å². The third kappa shape index (κ3) is 4.85. The van der Waals surface area contributed by atoms with Gasteiger partial charge in [0.25, 0.3) is 0 Å². The number of amides is 1. The molecule has 2 atom stereocenters. The molecular weight excluding hydrogens is 242 g/mol. The maximum absolute atomic E-state index is 11.4. The van der Waals surface area contributed by atoms with Crippen molar-refractivity contribution in [2.24, 2.45) is 11.8 Å². The Bertz CT molecular complexity index is 300. The Kier molecular flexibility index (Phi) is 4.68. The van der Waals surface area contributed by atoms with E-state index in [1.54, 1.807) is 32.5 Å². The minimum absolute atomic E-state index is 0.00924. The topological polar surface area (TPSA) is 75.6 Å². The van der Waals surface area contributed by atoms with Gasteiger partial charge in [-0.2, -0.15) is 11.8 Å². The lowest BCUT2D eigenvalue weighted by atomic mass is 9.96. The van der Waals surface area contributed by atoms with Gasteiger partial charge in [0.05, 0.1) is 5.92 Å². The van der Waals surface area contributed by atoms with Crippen LogP contribution in [-0.4, -0.2) is 40.8 Å². The highest BCUT2D eigenvalue weighted by atomic mass is 32.2. The maximum Gasteiger partial charge on any atom is 0.407 e. The highest BCUT2D eigenvalue weighted by Crippen LogP contribution is 2.29. The second-order valence-electron chi connectivity index (χ2n) is 5.13. The van der Waals surface area contributed by atoms with E-state index in [2.05, 4.69) is 5.32 Å². The van der Waals surface area contributed by atoms with Gasteiger partial charge in [0.15, 0.2) is 0 Å². The van der Waals surface area contributed by atoms with Crippen LogP contribution in [-0.2, 0) is 9.53 Å². The van der Waals surface area contributed by atoms with Gasteiger partial charge >= 0.3 is 12.1 Å². The molecule has 0 saturated carbocycles. The molecule has 0 aromatic heterocycles. The van der Waals surface area contributed by atoms with Gasteiger partial charge in [0.2, 0.25) is 0 Å². The van der Waals surface area contributed by atoms with Crippen LogP contribution in [0.4, 0.5) is 4.79 Å². The Balaban J connectivity index is 2.35. The van der Waals surface area contributed by atoms with Crippen molar-refractivity contribution >= 4 is 23.8 Å². The number of thioether (sulfide) groups is 1. The predicted molar refractivity (Wildman–Crippen MR) is 66.2 cm³/mol. The summed E-state index contributed by atoms with van der Waals surface area (Å²) in [5, 5.41) is 11.6. The van der Waals surface area contributed by atoms with Gasteiger partial charge in [-0.1, -0.05) is 0 Å². The fourth-order valence-corrected chi connectivity index (χ4v) is 3.06. The first-order valence-electron chi connectivity index (χ1n) is 5.57. The summed E-state index contributed by atoms with van der Waals surface area (Å²) in [5.74, 6) is 0.230. The minimum atomic E-state index is -0.786. The number of nitrogens with one attached hydrogen (secondary N) is 1. The van der Waals surface area contributed by atoms with Gasteiger partial charge < -0.3 is 15.2 Å². The average molecular weight is 261 g/mol. The second-order valence-corrected chi connectivity index (χ2v) is 6.20. The normalized spacial score (nSPS) is 24.4. The quantitative estimate of drug-likeness (QED) is 0.806. The Morgan fingerprint density at radius 3 is 2.59 bits per heavy atom. The highest BCUT2D eigenvalue weighted by Gasteiger charge is 2.33. The lowest BCUT2D eigenvalue weighted by Crippen LogP contribution is -2.38. The van der Waals surface area contributed by atoms with Gasteiger partial charge in [-0.25, -0.2) is 4.79 Å². The molecular formula is C11H19NO4S. The Labute approximate surface area is 105 Å². The molecule has 1 fully saturated rings. The number of carboxylic acids is 1. The third-order valence-electron chi connectivity index (χ3n) is 2.42. The van der Waals surface area contributed by atoms with Crippen LogP contribution in [0.2, 0.25) is 0 Å². The van der Waals surface area contributed by atoms with Crippen LogP contribution in [0, 0.1) is 11.8 Å². The molecule has 1 aliphatic rings. The van der Waals surface area contributed by atoms with Crippen molar-refractivity contribution in [3.05, 3.63) is 0 Å². The van der Waals surface area contributed by atoms with Crippen molar-refractivity contribution in [2.45, 2.75) is 26.4 Å². The lowest BCUT2D eigenvalue weighted by Gasteiger charge is -2.21. The predicted octanol–water partition coefficient (Wildman–Crippen LogP) is 1.57. The molecule has 17 heavy (non-hydrogen) atoms. The van der Waals surface area contributed by atoms with Crippen LogP contribution in [0.5, 0.6) is 0 Å². The maximum atomic E-state index is 11.4. The van der Waals surface area contributed by atoms with Gasteiger partial charge in [0, 0.05) is 12.3 Å². The van der Waals surface area contributed by atoms with Crippen molar-refractivity contribution in [3.8, 4) is 0 Å². The Morgan fingerprint density at radius 2 is 2.06 bits per heavy atom. The van der Waals surface area contributed by atoms with Crippen molar-refractivity contribution in [2.75, 3.05) is 18.1 Å². The van der Waals surface area contributed by atoms with Gasteiger partial charge in [-0.05, 0) is 32.4 Å². The number of hydrogen-bond donors (Lipinski definition) is 2. The molecule has 0 aromatic carbocycles. The van der Waals surface area contributed by atoms with E-state index in [9.17, 15) is 9.59 Å². The Morgan fingerprint density at radius 1 is 1.41 bits per heavy atom. The molecule has 0 aromatic rings. The fraction of sp³-hybridized carbons (Fsp3) is 0.818. The number of carbonyl (C=O) groups is 2. The smallest absolute Gasteiger partial charge is 0.407 e. The molecule has 0 bridgehead atoms. The molecule has 1 aliphatic heterocycles. The van der Waals surface area contributed by atoms with E-state index in [-0.39, 0.29) is 11.8 Å². The summed E-state index contributed by atoms with van der Waals surface area (Å²) in [7, 11) is 0. The minimum Gasteiger partial charge on any atom is -0.481 e. The van der Waals surface area contributed by atoms with Gasteiger partial charge in [0.1, 0.15) is 5.60 Å². The molecule has 1 amide bonds. The van der Waals surface area contributed by atoms with E-state index in [4.69, 9.17) is 9.84 Å². The molecule has 1 rings (SSSR count). The zero-order chi connectivity index (χ0) is 13.1. The molecule has 2 N–H and O–H groups in total. The number of hydrogen-bond acceptors (Lipinski definition) is 4. The molecule has 1 saturated heterocycles. The van der Waals surface area contributed by atoms with Crippen molar-refractivity contribution in [3.63, 3.8) is 0 Å². The summed E-state index contributed by atoms with van der Waals surface area (Å²) in [6.45, 7) is 5.73. The molecule has 98 valence electrons. The van der Waals surface area contributed by atoms with E-state index >= 15 is 0 Å². The summed E-state index contributed by atoms with van der Waals surface area (Å²) in [4.78, 5) is 22.3. The second kappa shape index (κ2) is 5.62. The lowest BCUT2D eigenvalue weighted by molar-refractivity contribution is -0.142. The monoisotopic (exact) mass is 261 g/mol. The molecule has 5 nitrogen and oxygen atoms in total. The fourth-order valence-electron chi connectivity index (χ4n) is 1.60. The zero-order valence-corrected chi connectivity index (χ0v) is 11.2. The number of rotatable bonds is 3. The number of alkyl carbamates (subject to hydrolysis) is 1. The van der Waals surface area contributed by atoms with Crippen LogP contribution in [0.1, 0.15) is 20.8 Å². The molecule has 0 spiro atoms. The average Bonchev–Trinajstić information content (AvgIpc) is 2.59. The van der Waals surface area contributed by atoms with Crippen molar-refractivity contribution < 1.29 is 19.4 Å². The SMILES string of the molecule is CC(C)(C)OC(=O)NC[C@@H]1CSC[C@@H]1C(=O)O. The first-order valence-corrected chi connectivity index (χ1v) is 6.72. The van der Waals surface area contributed by atoms with Crippen LogP contribution >= 0.6 is 11.8 Å². The van der Waals surface area contributed by atoms with E-state index in [0.717, 1.165) is 5.75 Å². The van der Waals surface area contributed by atoms with Gasteiger partial charge in [-0.3, -0.25) is 4.79 Å². The summed E-state index contributed by atoms with van der Waals surface area (Å²) < 4.78 is 5.09. The number of carboxylic acid groups (broad SMARTS) is 1. The summed E-state index contributed by atoms with van der Waals surface area (Å²) in [5.41, 5.74) is -0.527. The third-order valence-corrected chi connectivity index (χ3v) is 3.68. The van der Waals surface area contributed by atoms with E-state index < -0.39 is 17.7 Å². The highest BCUT2D eigenvalue weighted by molar-refractivity contribution is 7.99. The standard InChI is InChI=1S/C11H19NO4S/c1-11(2,3)16-10(15)12-4-7-5-17-6-8(7)9(13)14/h7-8H,4-6H2,1-3H3,(H,12,15)(H,13,14)/t7-,8+/m1/s1. The van der Waals surface area contributed by atoms with E-state index in [0.29, 0.717) is 12.3 Å². The van der Waals surface area contributed by atoms with Crippen LogP contribution < -0.4 is 5.32 Å². The van der Waals surface area contributed by atoms with E-state index in [1.165, 1.54) is 0 Å². The zero-order valence-electron chi connectivity index (χ0n) is 10.4. The van der Waals surface area contributed by atoms with E-state index in [1.807, 2.05) is 0 Å². The largest absolute Gasteiger partial charge is 0.481 e. The Hall–Kier alpha value is -0.910. The first kappa shape index (κ1) is 14.2.